The number of likely N-dealkylation sites (N-methyl/N-ethyl adjacent to an activating group) is 1. The smallest absolute Gasteiger partial charge is 0.193 e. The first-order valence-corrected chi connectivity index (χ1v) is 9.13. The number of aliphatic imine (C=N–C) groups is 1. The fraction of sp³-hybridized carbons (Fsp3) is 0.632. The van der Waals surface area contributed by atoms with Crippen LogP contribution < -0.4 is 10.1 Å². The van der Waals surface area contributed by atoms with E-state index in [-0.39, 0.29) is 5.82 Å². The third-order valence-corrected chi connectivity index (χ3v) is 3.63. The summed E-state index contributed by atoms with van der Waals surface area (Å²) in [7, 11) is 3.67. The maximum absolute atomic E-state index is 12.8. The molecule has 0 aromatic heterocycles. The lowest BCUT2D eigenvalue weighted by molar-refractivity contribution is 0.0486. The topological polar surface area (TPSA) is 55.3 Å². The third kappa shape index (κ3) is 10.2. The number of hydrogen-bond donors (Lipinski definition) is 1. The number of ether oxygens (including phenoxy) is 3. The molecule has 0 saturated heterocycles. The van der Waals surface area contributed by atoms with E-state index >= 15 is 0 Å². The molecule has 0 spiro atoms. The van der Waals surface area contributed by atoms with Crippen LogP contribution in [0.2, 0.25) is 0 Å². The molecule has 6 nitrogen and oxygen atoms in total. The molecule has 1 N–H and O–H groups in total. The van der Waals surface area contributed by atoms with Gasteiger partial charge in [0, 0.05) is 27.2 Å². The highest BCUT2D eigenvalue weighted by Gasteiger charge is 2.05. The Kier molecular flexibility index (Phi) is 12.2. The van der Waals surface area contributed by atoms with E-state index in [2.05, 4.69) is 17.2 Å². The minimum Gasteiger partial charge on any atom is -0.492 e. The molecule has 0 atom stereocenters. The van der Waals surface area contributed by atoms with E-state index in [1.807, 2.05) is 11.9 Å². The molecule has 148 valence electrons. The van der Waals surface area contributed by atoms with Gasteiger partial charge in [0.05, 0.1) is 26.4 Å². The monoisotopic (exact) mass is 369 g/mol. The lowest BCUT2D eigenvalue weighted by Gasteiger charge is -2.22. The molecule has 7 heteroatoms. The van der Waals surface area contributed by atoms with E-state index < -0.39 is 0 Å². The molecule has 0 radical (unpaired) electrons. The molecule has 0 aliphatic rings. The molecular formula is C19H32FN3O3. The van der Waals surface area contributed by atoms with Crippen molar-refractivity contribution in [3.05, 3.63) is 30.1 Å². The molecule has 0 amide bonds. The first-order chi connectivity index (χ1) is 12.7. The molecule has 1 aromatic rings. The third-order valence-electron chi connectivity index (χ3n) is 3.63. The van der Waals surface area contributed by atoms with Crippen LogP contribution in [0.25, 0.3) is 0 Å². The van der Waals surface area contributed by atoms with Crippen LogP contribution in [0.4, 0.5) is 4.39 Å². The number of benzene rings is 1. The highest BCUT2D eigenvalue weighted by atomic mass is 19.1. The molecular weight excluding hydrogens is 337 g/mol. The Hall–Kier alpha value is -1.86. The summed E-state index contributed by atoms with van der Waals surface area (Å²) < 4.78 is 29.4. The number of guanidine groups is 1. The summed E-state index contributed by atoms with van der Waals surface area (Å²) in [6, 6.07) is 6.00. The molecule has 0 aliphatic carbocycles. The van der Waals surface area contributed by atoms with E-state index in [0.717, 1.165) is 25.4 Å². The van der Waals surface area contributed by atoms with Crippen molar-refractivity contribution < 1.29 is 18.6 Å². The fourth-order valence-electron chi connectivity index (χ4n) is 2.13. The molecule has 0 heterocycles. The highest BCUT2D eigenvalue weighted by Crippen LogP contribution is 2.10. The van der Waals surface area contributed by atoms with Gasteiger partial charge in [-0.15, -0.1) is 0 Å². The van der Waals surface area contributed by atoms with Crippen LogP contribution in [-0.2, 0) is 9.47 Å². The second kappa shape index (κ2) is 14.3. The van der Waals surface area contributed by atoms with Crippen molar-refractivity contribution in [2.24, 2.45) is 4.99 Å². The van der Waals surface area contributed by atoms with Gasteiger partial charge in [0.1, 0.15) is 18.2 Å². The lowest BCUT2D eigenvalue weighted by Crippen LogP contribution is -2.42. The minimum atomic E-state index is -0.270. The number of nitrogens with zero attached hydrogens (tertiary/aromatic N) is 2. The van der Waals surface area contributed by atoms with E-state index in [0.29, 0.717) is 45.3 Å². The Morgan fingerprint density at radius 1 is 1.08 bits per heavy atom. The number of unbranched alkanes of at least 4 members (excludes halogenated alkanes) is 1. The van der Waals surface area contributed by atoms with Gasteiger partial charge in [0.15, 0.2) is 5.96 Å². The zero-order valence-corrected chi connectivity index (χ0v) is 16.2. The summed E-state index contributed by atoms with van der Waals surface area (Å²) in [6.07, 6.45) is 2.24. The Bertz CT molecular complexity index is 497. The quantitative estimate of drug-likeness (QED) is 0.329. The minimum absolute atomic E-state index is 0.270. The predicted molar refractivity (Wildman–Crippen MR) is 102 cm³/mol. The maximum atomic E-state index is 12.8. The van der Waals surface area contributed by atoms with Crippen LogP contribution in [0.5, 0.6) is 5.75 Å². The normalized spacial score (nSPS) is 11.5. The number of nitrogens with one attached hydrogen (secondary N) is 1. The summed E-state index contributed by atoms with van der Waals surface area (Å²) in [5.74, 6) is 1.15. The average molecular weight is 369 g/mol. The number of halogens is 1. The van der Waals surface area contributed by atoms with Crippen molar-refractivity contribution in [3.63, 3.8) is 0 Å². The molecule has 1 aromatic carbocycles. The van der Waals surface area contributed by atoms with Gasteiger partial charge in [0.2, 0.25) is 0 Å². The van der Waals surface area contributed by atoms with Crippen LogP contribution in [-0.4, -0.2) is 71.1 Å². The van der Waals surface area contributed by atoms with E-state index in [9.17, 15) is 4.39 Å². The zero-order chi connectivity index (χ0) is 19.0. The lowest BCUT2D eigenvalue weighted by atomic mass is 10.3. The van der Waals surface area contributed by atoms with E-state index in [4.69, 9.17) is 14.2 Å². The average Bonchev–Trinajstić information content (AvgIpc) is 2.65. The Labute approximate surface area is 156 Å². The summed E-state index contributed by atoms with van der Waals surface area (Å²) in [5, 5.41) is 3.24. The molecule has 1 rings (SSSR count). The largest absolute Gasteiger partial charge is 0.492 e. The van der Waals surface area contributed by atoms with Crippen LogP contribution in [0.1, 0.15) is 19.8 Å². The van der Waals surface area contributed by atoms with Crippen molar-refractivity contribution in [3.8, 4) is 5.75 Å². The molecule has 0 aliphatic heterocycles. The second-order valence-electron chi connectivity index (χ2n) is 5.78. The molecule has 0 fully saturated rings. The summed E-state index contributed by atoms with van der Waals surface area (Å²) in [4.78, 5) is 6.21. The van der Waals surface area contributed by atoms with Crippen LogP contribution in [0.15, 0.2) is 29.3 Å². The van der Waals surface area contributed by atoms with Gasteiger partial charge in [0.25, 0.3) is 0 Å². The van der Waals surface area contributed by atoms with Crippen molar-refractivity contribution >= 4 is 5.96 Å². The van der Waals surface area contributed by atoms with Crippen molar-refractivity contribution in [2.75, 3.05) is 60.2 Å². The SMILES string of the molecule is CCCCOCCOCCNC(=NC)N(C)CCOc1ccc(F)cc1. The summed E-state index contributed by atoms with van der Waals surface area (Å²) >= 11 is 0. The molecule has 0 bridgehead atoms. The van der Waals surface area contributed by atoms with Crippen molar-refractivity contribution in [1.82, 2.24) is 10.2 Å². The predicted octanol–water partition coefficient (Wildman–Crippen LogP) is 2.55. The summed E-state index contributed by atoms with van der Waals surface area (Å²) in [6.45, 7) is 6.58. The first-order valence-electron chi connectivity index (χ1n) is 9.13. The van der Waals surface area contributed by atoms with Gasteiger partial charge in [-0.1, -0.05) is 13.3 Å². The van der Waals surface area contributed by atoms with Crippen LogP contribution >= 0.6 is 0 Å². The fourth-order valence-corrected chi connectivity index (χ4v) is 2.13. The van der Waals surface area contributed by atoms with Gasteiger partial charge in [-0.3, -0.25) is 4.99 Å². The number of rotatable bonds is 13. The van der Waals surface area contributed by atoms with E-state index in [1.165, 1.54) is 12.1 Å². The number of hydrogen-bond acceptors (Lipinski definition) is 4. The van der Waals surface area contributed by atoms with Gasteiger partial charge in [-0.05, 0) is 30.7 Å². The van der Waals surface area contributed by atoms with Gasteiger partial charge < -0.3 is 24.4 Å². The van der Waals surface area contributed by atoms with E-state index in [1.54, 1.807) is 19.2 Å². The van der Waals surface area contributed by atoms with Gasteiger partial charge in [-0.2, -0.15) is 0 Å². The Morgan fingerprint density at radius 3 is 2.42 bits per heavy atom. The van der Waals surface area contributed by atoms with Gasteiger partial charge in [-0.25, -0.2) is 4.39 Å². The second-order valence-corrected chi connectivity index (χ2v) is 5.78. The standard InChI is InChI=1S/C19H32FN3O3/c1-4-5-12-24-15-16-25-13-10-22-19(21-2)23(3)11-14-26-18-8-6-17(20)7-9-18/h6-9H,4-5,10-16H2,1-3H3,(H,21,22). The maximum Gasteiger partial charge on any atom is 0.193 e. The Balaban J connectivity index is 2.09. The van der Waals surface area contributed by atoms with Crippen molar-refractivity contribution in [2.45, 2.75) is 19.8 Å². The summed E-state index contributed by atoms with van der Waals surface area (Å²) in [5.41, 5.74) is 0. The van der Waals surface area contributed by atoms with Crippen LogP contribution in [0, 0.1) is 5.82 Å². The molecule has 0 saturated carbocycles. The highest BCUT2D eigenvalue weighted by molar-refractivity contribution is 5.79. The van der Waals surface area contributed by atoms with Crippen molar-refractivity contribution in [1.29, 1.82) is 0 Å². The van der Waals surface area contributed by atoms with Crippen LogP contribution in [0.3, 0.4) is 0 Å². The Morgan fingerprint density at radius 2 is 1.77 bits per heavy atom. The molecule has 26 heavy (non-hydrogen) atoms. The molecule has 0 unspecified atom stereocenters. The zero-order valence-electron chi connectivity index (χ0n) is 16.2. The van der Waals surface area contributed by atoms with Gasteiger partial charge >= 0.3 is 0 Å². The first kappa shape index (κ1) is 22.2.